The molecule has 2 aromatic rings. The molecule has 0 fully saturated rings. The van der Waals surface area contributed by atoms with Crippen molar-refractivity contribution in [3.05, 3.63) is 76.9 Å². The van der Waals surface area contributed by atoms with Crippen LogP contribution in [0.5, 0.6) is 0 Å². The number of rotatable bonds is 7. The van der Waals surface area contributed by atoms with E-state index >= 15 is 0 Å². The van der Waals surface area contributed by atoms with Crippen LogP contribution in [0.4, 0.5) is 11.4 Å². The van der Waals surface area contributed by atoms with Crippen LogP contribution >= 0.6 is 0 Å². The minimum absolute atomic E-state index is 0.0619. The predicted octanol–water partition coefficient (Wildman–Crippen LogP) is 2.31. The molecule has 8 nitrogen and oxygen atoms in total. The Kier molecular flexibility index (Phi) is 5.63. The Labute approximate surface area is 144 Å². The predicted molar refractivity (Wildman–Crippen MR) is 92.9 cm³/mol. The molecule has 0 unspecified atom stereocenters. The van der Waals surface area contributed by atoms with E-state index in [-0.39, 0.29) is 28.4 Å². The van der Waals surface area contributed by atoms with Crippen LogP contribution in [0.2, 0.25) is 0 Å². The monoisotopic (exact) mass is 361 g/mol. The van der Waals surface area contributed by atoms with Gasteiger partial charge in [-0.15, -0.1) is 6.58 Å². The van der Waals surface area contributed by atoms with Gasteiger partial charge in [-0.1, -0.05) is 18.2 Å². The number of hydrogen-bond acceptors (Lipinski definition) is 5. The van der Waals surface area contributed by atoms with Crippen LogP contribution in [-0.2, 0) is 10.0 Å². The first-order valence-corrected chi connectivity index (χ1v) is 8.58. The van der Waals surface area contributed by atoms with E-state index in [4.69, 9.17) is 0 Å². The van der Waals surface area contributed by atoms with Crippen LogP contribution in [0, 0.1) is 10.1 Å². The van der Waals surface area contributed by atoms with Crippen molar-refractivity contribution in [3.63, 3.8) is 0 Å². The van der Waals surface area contributed by atoms with Gasteiger partial charge in [0, 0.05) is 29.9 Å². The summed E-state index contributed by atoms with van der Waals surface area (Å²) in [7, 11) is -3.76. The first kappa shape index (κ1) is 18.3. The van der Waals surface area contributed by atoms with Gasteiger partial charge in [-0.25, -0.2) is 13.1 Å². The van der Waals surface area contributed by atoms with E-state index in [1.165, 1.54) is 54.6 Å². The number of nitro groups is 1. The molecular weight excluding hydrogens is 346 g/mol. The molecule has 0 saturated heterocycles. The quantitative estimate of drug-likeness (QED) is 0.446. The Morgan fingerprint density at radius 1 is 1.20 bits per heavy atom. The van der Waals surface area contributed by atoms with Crippen LogP contribution in [0.25, 0.3) is 0 Å². The Bertz CT molecular complexity index is 925. The van der Waals surface area contributed by atoms with E-state index in [1.807, 2.05) is 0 Å². The lowest BCUT2D eigenvalue weighted by Crippen LogP contribution is -2.24. The summed E-state index contributed by atoms with van der Waals surface area (Å²) in [4.78, 5) is 22.4. The van der Waals surface area contributed by atoms with E-state index in [0.29, 0.717) is 0 Å². The van der Waals surface area contributed by atoms with Crippen LogP contribution < -0.4 is 10.0 Å². The fourth-order valence-corrected chi connectivity index (χ4v) is 3.00. The second kappa shape index (κ2) is 7.69. The number of carbonyl (C=O) groups excluding carboxylic acids is 1. The molecule has 0 bridgehead atoms. The smallest absolute Gasteiger partial charge is 0.271 e. The van der Waals surface area contributed by atoms with Crippen LogP contribution in [0.3, 0.4) is 0 Å². The Morgan fingerprint density at radius 3 is 2.60 bits per heavy atom. The number of amides is 1. The minimum atomic E-state index is -3.76. The SMILES string of the molecule is C=CCNS(=O)(=O)c1cccc(C(=O)Nc2cccc([N+](=O)[O-])c2)c1. The maximum absolute atomic E-state index is 12.3. The number of nitrogens with one attached hydrogen (secondary N) is 2. The molecule has 0 radical (unpaired) electrons. The van der Waals surface area contributed by atoms with E-state index < -0.39 is 20.9 Å². The Balaban J connectivity index is 2.23. The summed E-state index contributed by atoms with van der Waals surface area (Å²) < 4.78 is 26.5. The van der Waals surface area contributed by atoms with Crippen molar-refractivity contribution in [2.75, 3.05) is 11.9 Å². The van der Waals surface area contributed by atoms with Crippen molar-refractivity contribution in [1.82, 2.24) is 4.72 Å². The zero-order chi connectivity index (χ0) is 18.4. The third-order valence-electron chi connectivity index (χ3n) is 3.14. The molecule has 2 rings (SSSR count). The number of non-ortho nitro benzene ring substituents is 1. The highest BCUT2D eigenvalue weighted by Crippen LogP contribution is 2.18. The van der Waals surface area contributed by atoms with E-state index in [1.54, 1.807) is 0 Å². The average Bonchev–Trinajstić information content (AvgIpc) is 2.60. The van der Waals surface area contributed by atoms with Crippen molar-refractivity contribution in [2.45, 2.75) is 4.90 Å². The minimum Gasteiger partial charge on any atom is -0.322 e. The Hall–Kier alpha value is -3.04. The van der Waals surface area contributed by atoms with Crippen molar-refractivity contribution < 1.29 is 18.1 Å². The molecule has 0 atom stereocenters. The summed E-state index contributed by atoms with van der Waals surface area (Å²) in [5.74, 6) is -0.582. The number of nitro benzene ring substituents is 1. The molecule has 0 aliphatic carbocycles. The second-order valence-corrected chi connectivity index (χ2v) is 6.70. The highest BCUT2D eigenvalue weighted by atomic mass is 32.2. The second-order valence-electron chi connectivity index (χ2n) is 4.93. The fraction of sp³-hybridized carbons (Fsp3) is 0.0625. The van der Waals surface area contributed by atoms with Crippen molar-refractivity contribution in [1.29, 1.82) is 0 Å². The van der Waals surface area contributed by atoms with Crippen LogP contribution in [0.1, 0.15) is 10.4 Å². The van der Waals surface area contributed by atoms with Gasteiger partial charge < -0.3 is 5.32 Å². The van der Waals surface area contributed by atoms with Crippen LogP contribution in [-0.4, -0.2) is 25.8 Å². The van der Waals surface area contributed by atoms with Gasteiger partial charge in [0.25, 0.3) is 11.6 Å². The molecule has 0 saturated carbocycles. The molecule has 0 aliphatic heterocycles. The molecule has 2 aromatic carbocycles. The van der Waals surface area contributed by atoms with Gasteiger partial charge in [0.1, 0.15) is 0 Å². The average molecular weight is 361 g/mol. The maximum Gasteiger partial charge on any atom is 0.271 e. The van der Waals surface area contributed by atoms with Crippen molar-refractivity contribution in [3.8, 4) is 0 Å². The lowest BCUT2D eigenvalue weighted by molar-refractivity contribution is -0.384. The normalized spacial score (nSPS) is 10.9. The zero-order valence-electron chi connectivity index (χ0n) is 13.0. The number of anilines is 1. The van der Waals surface area contributed by atoms with Crippen molar-refractivity contribution >= 4 is 27.3 Å². The van der Waals surface area contributed by atoms with E-state index in [2.05, 4.69) is 16.6 Å². The van der Waals surface area contributed by atoms with Gasteiger partial charge in [-0.2, -0.15) is 0 Å². The standard InChI is InChI=1S/C16H15N3O5S/c1-2-9-17-25(23,24)15-8-3-5-12(10-15)16(20)18-13-6-4-7-14(11-13)19(21)22/h2-8,10-11,17H,1,9H2,(H,18,20). The highest BCUT2D eigenvalue weighted by molar-refractivity contribution is 7.89. The topological polar surface area (TPSA) is 118 Å². The van der Waals surface area contributed by atoms with E-state index in [0.717, 1.165) is 0 Å². The van der Waals surface area contributed by atoms with Gasteiger partial charge in [0.2, 0.25) is 10.0 Å². The number of benzene rings is 2. The molecule has 130 valence electrons. The van der Waals surface area contributed by atoms with Gasteiger partial charge in [-0.05, 0) is 24.3 Å². The number of nitrogens with zero attached hydrogens (tertiary/aromatic N) is 1. The number of carbonyl (C=O) groups is 1. The molecule has 2 N–H and O–H groups in total. The lowest BCUT2D eigenvalue weighted by Gasteiger charge is -2.08. The maximum atomic E-state index is 12.3. The first-order valence-electron chi connectivity index (χ1n) is 7.10. The summed E-state index contributed by atoms with van der Waals surface area (Å²) >= 11 is 0. The summed E-state index contributed by atoms with van der Waals surface area (Å²) in [6, 6.07) is 10.9. The summed E-state index contributed by atoms with van der Waals surface area (Å²) in [6.45, 7) is 3.49. The summed E-state index contributed by atoms with van der Waals surface area (Å²) in [5.41, 5.74) is 0.174. The first-order chi connectivity index (χ1) is 11.8. The molecule has 1 amide bonds. The molecule has 25 heavy (non-hydrogen) atoms. The summed E-state index contributed by atoms with van der Waals surface area (Å²) in [5, 5.41) is 13.3. The molecule has 9 heteroatoms. The largest absolute Gasteiger partial charge is 0.322 e. The third kappa shape index (κ3) is 4.72. The fourth-order valence-electron chi connectivity index (χ4n) is 1.96. The van der Waals surface area contributed by atoms with Gasteiger partial charge in [0.15, 0.2) is 0 Å². The summed E-state index contributed by atoms with van der Waals surface area (Å²) in [6.07, 6.45) is 1.40. The Morgan fingerprint density at radius 2 is 1.92 bits per heavy atom. The molecular formula is C16H15N3O5S. The van der Waals surface area contributed by atoms with Gasteiger partial charge in [-0.3, -0.25) is 14.9 Å². The van der Waals surface area contributed by atoms with Gasteiger partial charge >= 0.3 is 0 Å². The zero-order valence-corrected chi connectivity index (χ0v) is 13.8. The molecule has 0 spiro atoms. The third-order valence-corrected chi connectivity index (χ3v) is 4.56. The van der Waals surface area contributed by atoms with Gasteiger partial charge in [0.05, 0.1) is 9.82 Å². The number of sulfonamides is 1. The number of hydrogen-bond donors (Lipinski definition) is 2. The van der Waals surface area contributed by atoms with Crippen LogP contribution in [0.15, 0.2) is 66.1 Å². The van der Waals surface area contributed by atoms with Crippen molar-refractivity contribution in [2.24, 2.45) is 0 Å². The lowest BCUT2D eigenvalue weighted by atomic mass is 10.2. The highest BCUT2D eigenvalue weighted by Gasteiger charge is 2.16. The van der Waals surface area contributed by atoms with E-state index in [9.17, 15) is 23.3 Å². The molecule has 0 aromatic heterocycles. The molecule has 0 aliphatic rings. The molecule has 0 heterocycles.